The number of ether oxygens (including phenoxy) is 1. The highest BCUT2D eigenvalue weighted by Crippen LogP contribution is 2.30. The Morgan fingerprint density at radius 2 is 2.00 bits per heavy atom. The largest absolute Gasteiger partial charge is 0.374 e. The first-order chi connectivity index (χ1) is 6.93. The van der Waals surface area contributed by atoms with Crippen LogP contribution in [0.3, 0.4) is 0 Å². The SMILES string of the molecule is c1ccc(N2CC3CCC2CO3)cc1. The number of benzene rings is 1. The van der Waals surface area contributed by atoms with Crippen LogP contribution in [0.5, 0.6) is 0 Å². The zero-order valence-corrected chi connectivity index (χ0v) is 8.23. The lowest BCUT2D eigenvalue weighted by Crippen LogP contribution is -2.54. The maximum absolute atomic E-state index is 5.69. The van der Waals surface area contributed by atoms with Gasteiger partial charge in [0.05, 0.1) is 18.8 Å². The second-order valence-electron chi connectivity index (χ2n) is 4.17. The molecule has 0 aromatic heterocycles. The highest BCUT2D eigenvalue weighted by atomic mass is 16.5. The van der Waals surface area contributed by atoms with Gasteiger partial charge in [-0.3, -0.25) is 0 Å². The monoisotopic (exact) mass is 189 g/mol. The quantitative estimate of drug-likeness (QED) is 0.670. The van der Waals surface area contributed by atoms with E-state index in [1.165, 1.54) is 18.5 Å². The number of anilines is 1. The van der Waals surface area contributed by atoms with Gasteiger partial charge >= 0.3 is 0 Å². The van der Waals surface area contributed by atoms with Crippen molar-refractivity contribution >= 4 is 5.69 Å². The van der Waals surface area contributed by atoms with E-state index in [1.54, 1.807) is 0 Å². The Kier molecular flexibility index (Phi) is 1.95. The molecule has 14 heavy (non-hydrogen) atoms. The molecule has 2 nitrogen and oxygen atoms in total. The number of hydrogen-bond donors (Lipinski definition) is 0. The first-order valence-electron chi connectivity index (χ1n) is 5.37. The fraction of sp³-hybridized carbons (Fsp3) is 0.500. The first kappa shape index (κ1) is 8.30. The summed E-state index contributed by atoms with van der Waals surface area (Å²) in [7, 11) is 0. The van der Waals surface area contributed by atoms with Crippen LogP contribution in [-0.2, 0) is 4.74 Å². The second kappa shape index (κ2) is 3.28. The van der Waals surface area contributed by atoms with Gasteiger partial charge in [-0.25, -0.2) is 0 Å². The summed E-state index contributed by atoms with van der Waals surface area (Å²) in [4.78, 5) is 2.50. The van der Waals surface area contributed by atoms with Gasteiger partial charge in [-0.15, -0.1) is 0 Å². The van der Waals surface area contributed by atoms with Gasteiger partial charge in [0.25, 0.3) is 0 Å². The number of rotatable bonds is 1. The molecule has 0 saturated carbocycles. The van der Waals surface area contributed by atoms with Gasteiger partial charge in [0.15, 0.2) is 0 Å². The number of nitrogens with zero attached hydrogens (tertiary/aromatic N) is 1. The average Bonchev–Trinajstić information content (AvgIpc) is 2.32. The van der Waals surface area contributed by atoms with Gasteiger partial charge in [0, 0.05) is 12.2 Å². The summed E-state index contributed by atoms with van der Waals surface area (Å²) in [6.07, 6.45) is 3.01. The van der Waals surface area contributed by atoms with Crippen molar-refractivity contribution in [1.29, 1.82) is 0 Å². The van der Waals surface area contributed by atoms with Crippen LogP contribution >= 0.6 is 0 Å². The van der Waals surface area contributed by atoms with Crippen molar-refractivity contribution in [2.75, 3.05) is 18.1 Å². The molecule has 0 N–H and O–H groups in total. The van der Waals surface area contributed by atoms with Crippen LogP contribution in [0, 0.1) is 0 Å². The third-order valence-electron chi connectivity index (χ3n) is 3.28. The topological polar surface area (TPSA) is 12.5 Å². The molecule has 0 aliphatic carbocycles. The smallest absolute Gasteiger partial charge is 0.0751 e. The number of fused-ring (bicyclic) bond motifs is 3. The van der Waals surface area contributed by atoms with E-state index in [-0.39, 0.29) is 0 Å². The van der Waals surface area contributed by atoms with Crippen molar-refractivity contribution < 1.29 is 4.74 Å². The minimum atomic E-state index is 0.472. The van der Waals surface area contributed by atoms with Gasteiger partial charge in [-0.1, -0.05) is 18.2 Å². The maximum Gasteiger partial charge on any atom is 0.0751 e. The van der Waals surface area contributed by atoms with Gasteiger partial charge in [-0.2, -0.15) is 0 Å². The highest BCUT2D eigenvalue weighted by molar-refractivity contribution is 5.48. The fourth-order valence-electron chi connectivity index (χ4n) is 2.49. The molecule has 3 saturated heterocycles. The van der Waals surface area contributed by atoms with E-state index in [1.807, 2.05) is 0 Å². The summed E-state index contributed by atoms with van der Waals surface area (Å²) in [6.45, 7) is 1.99. The van der Waals surface area contributed by atoms with Gasteiger partial charge in [0.1, 0.15) is 0 Å². The van der Waals surface area contributed by atoms with Crippen molar-refractivity contribution in [2.24, 2.45) is 0 Å². The molecule has 1 aromatic rings. The van der Waals surface area contributed by atoms with E-state index in [2.05, 4.69) is 35.2 Å². The van der Waals surface area contributed by atoms with Crippen LogP contribution in [0.4, 0.5) is 5.69 Å². The Bertz CT molecular complexity index is 303. The van der Waals surface area contributed by atoms with Crippen LogP contribution in [0.1, 0.15) is 12.8 Å². The minimum absolute atomic E-state index is 0.472. The molecule has 0 spiro atoms. The summed E-state index contributed by atoms with van der Waals surface area (Å²) < 4.78 is 5.69. The van der Waals surface area contributed by atoms with Crippen LogP contribution < -0.4 is 4.90 Å². The Morgan fingerprint density at radius 1 is 1.14 bits per heavy atom. The Hall–Kier alpha value is -1.02. The van der Waals surface area contributed by atoms with Crippen LogP contribution in [0.2, 0.25) is 0 Å². The Balaban J connectivity index is 1.86. The zero-order chi connectivity index (χ0) is 9.38. The summed E-state index contributed by atoms with van der Waals surface area (Å²) in [5.41, 5.74) is 1.35. The lowest BCUT2D eigenvalue weighted by molar-refractivity contribution is -0.0225. The van der Waals surface area contributed by atoms with Crippen molar-refractivity contribution in [3.63, 3.8) is 0 Å². The van der Waals surface area contributed by atoms with Gasteiger partial charge in [0.2, 0.25) is 0 Å². The predicted octanol–water partition coefficient (Wildman–Crippen LogP) is 2.05. The molecule has 1 aromatic carbocycles. The molecular formula is C12H15NO. The molecule has 74 valence electrons. The fourth-order valence-corrected chi connectivity index (χ4v) is 2.49. The Labute approximate surface area is 84.5 Å². The molecule has 3 heterocycles. The maximum atomic E-state index is 5.69. The van der Waals surface area contributed by atoms with E-state index < -0.39 is 0 Å². The normalized spacial score (nSPS) is 30.7. The van der Waals surface area contributed by atoms with E-state index in [4.69, 9.17) is 4.74 Å². The molecule has 2 heteroatoms. The summed E-state index contributed by atoms with van der Waals surface area (Å²) in [6, 6.07) is 11.3. The third-order valence-corrected chi connectivity index (χ3v) is 3.28. The van der Waals surface area contributed by atoms with E-state index in [9.17, 15) is 0 Å². The molecule has 3 aliphatic rings. The molecule has 2 unspecified atom stereocenters. The van der Waals surface area contributed by atoms with Crippen molar-refractivity contribution in [3.8, 4) is 0 Å². The summed E-state index contributed by atoms with van der Waals surface area (Å²) >= 11 is 0. The Morgan fingerprint density at radius 3 is 2.57 bits per heavy atom. The van der Waals surface area contributed by atoms with Gasteiger partial charge < -0.3 is 9.64 Å². The summed E-state index contributed by atoms with van der Waals surface area (Å²) in [5, 5.41) is 0. The molecular weight excluding hydrogens is 174 g/mol. The van der Waals surface area contributed by atoms with Crippen LogP contribution in [0.25, 0.3) is 0 Å². The summed E-state index contributed by atoms with van der Waals surface area (Å²) in [5.74, 6) is 0. The van der Waals surface area contributed by atoms with Crippen molar-refractivity contribution in [3.05, 3.63) is 30.3 Å². The average molecular weight is 189 g/mol. The number of para-hydroxylation sites is 1. The molecule has 2 atom stereocenters. The predicted molar refractivity (Wildman–Crippen MR) is 56.6 cm³/mol. The lowest BCUT2D eigenvalue weighted by Gasteiger charge is -2.46. The molecule has 3 aliphatic heterocycles. The molecule has 0 amide bonds. The number of piperidine rings is 1. The number of morpholine rings is 1. The van der Waals surface area contributed by atoms with E-state index in [0.29, 0.717) is 12.1 Å². The molecule has 2 bridgehead atoms. The third kappa shape index (κ3) is 1.30. The van der Waals surface area contributed by atoms with Crippen molar-refractivity contribution in [1.82, 2.24) is 0 Å². The first-order valence-corrected chi connectivity index (χ1v) is 5.37. The van der Waals surface area contributed by atoms with E-state index >= 15 is 0 Å². The molecule has 0 radical (unpaired) electrons. The zero-order valence-electron chi connectivity index (χ0n) is 8.23. The standard InChI is InChI=1S/C12H15NO/c1-2-4-10(5-3-1)13-8-12-7-6-11(13)9-14-12/h1-5,11-12H,6-9H2. The van der Waals surface area contributed by atoms with Crippen molar-refractivity contribution in [2.45, 2.75) is 25.0 Å². The van der Waals surface area contributed by atoms with Gasteiger partial charge in [-0.05, 0) is 25.0 Å². The minimum Gasteiger partial charge on any atom is -0.374 e. The van der Waals surface area contributed by atoms with E-state index in [0.717, 1.165) is 13.2 Å². The number of hydrogen-bond acceptors (Lipinski definition) is 2. The molecule has 4 rings (SSSR count). The lowest BCUT2D eigenvalue weighted by atomic mass is 9.96. The molecule has 3 fully saturated rings. The van der Waals surface area contributed by atoms with Crippen LogP contribution in [0.15, 0.2) is 30.3 Å². The second-order valence-corrected chi connectivity index (χ2v) is 4.17. The van der Waals surface area contributed by atoms with Crippen LogP contribution in [-0.4, -0.2) is 25.3 Å². The highest BCUT2D eigenvalue weighted by Gasteiger charge is 2.34.